The minimum atomic E-state index is -0.557. The standard InChI is InChI=1S/C16H22N2O3/c1-21-15(13-5-3-2-4-6-13)16(20)18-9-7-12(8-10-18)11-14(17)19/h2-6,12,15H,7-11H2,1H3,(H2,17,19). The van der Waals surface area contributed by atoms with Crippen LogP contribution in [0.2, 0.25) is 0 Å². The van der Waals surface area contributed by atoms with E-state index < -0.39 is 6.10 Å². The Morgan fingerprint density at radius 2 is 1.90 bits per heavy atom. The number of hydrogen-bond acceptors (Lipinski definition) is 3. The number of benzene rings is 1. The van der Waals surface area contributed by atoms with Gasteiger partial charge < -0.3 is 15.4 Å². The van der Waals surface area contributed by atoms with Crippen molar-refractivity contribution in [2.45, 2.75) is 25.4 Å². The zero-order valence-corrected chi connectivity index (χ0v) is 12.3. The second-order valence-corrected chi connectivity index (χ2v) is 5.47. The van der Waals surface area contributed by atoms with E-state index in [1.165, 1.54) is 0 Å². The van der Waals surface area contributed by atoms with Crippen molar-refractivity contribution in [2.75, 3.05) is 20.2 Å². The highest BCUT2D eigenvalue weighted by atomic mass is 16.5. The topological polar surface area (TPSA) is 72.6 Å². The van der Waals surface area contributed by atoms with Gasteiger partial charge in [-0.15, -0.1) is 0 Å². The normalized spacial score (nSPS) is 17.5. The summed E-state index contributed by atoms with van der Waals surface area (Å²) in [6.45, 7) is 1.31. The van der Waals surface area contributed by atoms with Gasteiger partial charge in [-0.05, 0) is 24.3 Å². The lowest BCUT2D eigenvalue weighted by Crippen LogP contribution is -2.42. The van der Waals surface area contributed by atoms with Crippen LogP contribution in [-0.2, 0) is 14.3 Å². The van der Waals surface area contributed by atoms with Crippen LogP contribution in [0.5, 0.6) is 0 Å². The van der Waals surface area contributed by atoms with E-state index in [1.54, 1.807) is 7.11 Å². The van der Waals surface area contributed by atoms with Crippen LogP contribution in [0.3, 0.4) is 0 Å². The van der Waals surface area contributed by atoms with Crippen LogP contribution in [0.25, 0.3) is 0 Å². The fourth-order valence-electron chi connectivity index (χ4n) is 2.82. The van der Waals surface area contributed by atoms with Crippen LogP contribution in [0.1, 0.15) is 30.9 Å². The van der Waals surface area contributed by atoms with Crippen molar-refractivity contribution >= 4 is 11.8 Å². The Morgan fingerprint density at radius 1 is 1.29 bits per heavy atom. The number of likely N-dealkylation sites (tertiary alicyclic amines) is 1. The summed E-state index contributed by atoms with van der Waals surface area (Å²) in [4.78, 5) is 25.3. The zero-order valence-electron chi connectivity index (χ0n) is 12.3. The third-order valence-corrected chi connectivity index (χ3v) is 3.98. The fourth-order valence-corrected chi connectivity index (χ4v) is 2.82. The molecule has 2 amide bonds. The average molecular weight is 290 g/mol. The van der Waals surface area contributed by atoms with Crippen LogP contribution in [-0.4, -0.2) is 36.9 Å². The zero-order chi connectivity index (χ0) is 15.2. The van der Waals surface area contributed by atoms with Gasteiger partial charge in [0.1, 0.15) is 0 Å². The smallest absolute Gasteiger partial charge is 0.256 e. The van der Waals surface area contributed by atoms with E-state index in [0.29, 0.717) is 25.4 Å². The third-order valence-electron chi connectivity index (χ3n) is 3.98. The second kappa shape index (κ2) is 7.22. The van der Waals surface area contributed by atoms with Crippen LogP contribution in [0.4, 0.5) is 0 Å². The van der Waals surface area contributed by atoms with E-state index in [-0.39, 0.29) is 11.8 Å². The maximum atomic E-state index is 12.6. The molecule has 1 heterocycles. The molecule has 1 saturated heterocycles. The third kappa shape index (κ3) is 4.04. The molecular weight excluding hydrogens is 268 g/mol. The van der Waals surface area contributed by atoms with E-state index in [1.807, 2.05) is 35.2 Å². The summed E-state index contributed by atoms with van der Waals surface area (Å²) in [6.07, 6.45) is 1.49. The number of carbonyl (C=O) groups is 2. The first-order chi connectivity index (χ1) is 10.1. The monoisotopic (exact) mass is 290 g/mol. The molecule has 1 aromatic rings. The summed E-state index contributed by atoms with van der Waals surface area (Å²) in [7, 11) is 1.55. The Labute approximate surface area is 125 Å². The molecule has 1 unspecified atom stereocenters. The number of piperidine rings is 1. The highest BCUT2D eigenvalue weighted by molar-refractivity contribution is 5.82. The highest BCUT2D eigenvalue weighted by Gasteiger charge is 2.29. The minimum absolute atomic E-state index is 0.0128. The van der Waals surface area contributed by atoms with Gasteiger partial charge in [-0.25, -0.2) is 0 Å². The molecule has 21 heavy (non-hydrogen) atoms. The van der Waals surface area contributed by atoms with Crippen molar-refractivity contribution in [3.63, 3.8) is 0 Å². The molecule has 5 heteroatoms. The molecule has 1 atom stereocenters. The van der Waals surface area contributed by atoms with Crippen LogP contribution in [0, 0.1) is 5.92 Å². The van der Waals surface area contributed by atoms with Gasteiger partial charge in [-0.2, -0.15) is 0 Å². The summed E-state index contributed by atoms with van der Waals surface area (Å²) in [5.74, 6) is 0.0179. The minimum Gasteiger partial charge on any atom is -0.370 e. The molecule has 2 N–H and O–H groups in total. The summed E-state index contributed by atoms with van der Waals surface area (Å²) >= 11 is 0. The van der Waals surface area contributed by atoms with Gasteiger partial charge in [0, 0.05) is 26.6 Å². The molecule has 0 aromatic heterocycles. The maximum Gasteiger partial charge on any atom is 0.256 e. The molecule has 0 saturated carbocycles. The average Bonchev–Trinajstić information content (AvgIpc) is 2.49. The van der Waals surface area contributed by atoms with E-state index in [9.17, 15) is 9.59 Å². The van der Waals surface area contributed by atoms with Gasteiger partial charge in [0.2, 0.25) is 5.91 Å². The molecule has 0 bridgehead atoms. The maximum absolute atomic E-state index is 12.6. The molecule has 1 aliphatic rings. The number of hydrogen-bond donors (Lipinski definition) is 1. The molecule has 2 rings (SSSR count). The summed E-state index contributed by atoms with van der Waals surface area (Å²) in [6, 6.07) is 9.50. The van der Waals surface area contributed by atoms with Gasteiger partial charge in [0.05, 0.1) is 0 Å². The predicted molar refractivity (Wildman–Crippen MR) is 79.3 cm³/mol. The summed E-state index contributed by atoms with van der Waals surface area (Å²) in [5, 5.41) is 0. The lowest BCUT2D eigenvalue weighted by molar-refractivity contribution is -0.143. The van der Waals surface area contributed by atoms with E-state index in [4.69, 9.17) is 10.5 Å². The lowest BCUT2D eigenvalue weighted by Gasteiger charge is -2.33. The van der Waals surface area contributed by atoms with E-state index >= 15 is 0 Å². The number of methoxy groups -OCH3 is 1. The van der Waals surface area contributed by atoms with Crippen molar-refractivity contribution in [3.8, 4) is 0 Å². The van der Waals surface area contributed by atoms with Crippen molar-refractivity contribution in [1.82, 2.24) is 4.90 Å². The Bertz CT molecular complexity index is 482. The van der Waals surface area contributed by atoms with Crippen LogP contribution in [0.15, 0.2) is 30.3 Å². The van der Waals surface area contributed by atoms with Crippen molar-refractivity contribution < 1.29 is 14.3 Å². The van der Waals surface area contributed by atoms with Gasteiger partial charge in [0.15, 0.2) is 6.10 Å². The molecule has 0 radical (unpaired) electrons. The number of nitrogens with two attached hydrogens (primary N) is 1. The molecule has 1 fully saturated rings. The molecule has 5 nitrogen and oxygen atoms in total. The first-order valence-electron chi connectivity index (χ1n) is 7.26. The molecule has 0 spiro atoms. The number of nitrogens with zero attached hydrogens (tertiary/aromatic N) is 1. The number of rotatable bonds is 5. The largest absolute Gasteiger partial charge is 0.370 e. The van der Waals surface area contributed by atoms with Crippen molar-refractivity contribution in [1.29, 1.82) is 0 Å². The summed E-state index contributed by atoms with van der Waals surface area (Å²) in [5.41, 5.74) is 6.09. The van der Waals surface area contributed by atoms with Gasteiger partial charge in [-0.1, -0.05) is 30.3 Å². The Balaban J connectivity index is 1.96. The molecule has 114 valence electrons. The SMILES string of the molecule is COC(C(=O)N1CCC(CC(N)=O)CC1)c1ccccc1. The molecule has 0 aliphatic carbocycles. The molecular formula is C16H22N2O3. The summed E-state index contributed by atoms with van der Waals surface area (Å²) < 4.78 is 5.38. The predicted octanol–water partition coefficient (Wildman–Crippen LogP) is 1.49. The first kappa shape index (κ1) is 15.5. The van der Waals surface area contributed by atoms with Crippen molar-refractivity contribution in [2.24, 2.45) is 11.7 Å². The molecule has 1 aromatic carbocycles. The van der Waals surface area contributed by atoms with Gasteiger partial charge in [-0.3, -0.25) is 9.59 Å². The number of amides is 2. The first-order valence-corrected chi connectivity index (χ1v) is 7.26. The quantitative estimate of drug-likeness (QED) is 0.893. The van der Waals surface area contributed by atoms with E-state index in [2.05, 4.69) is 0 Å². The Kier molecular flexibility index (Phi) is 5.33. The van der Waals surface area contributed by atoms with Crippen molar-refractivity contribution in [3.05, 3.63) is 35.9 Å². The second-order valence-electron chi connectivity index (χ2n) is 5.47. The molecule has 1 aliphatic heterocycles. The van der Waals surface area contributed by atoms with Gasteiger partial charge in [0.25, 0.3) is 5.91 Å². The number of primary amides is 1. The fraction of sp³-hybridized carbons (Fsp3) is 0.500. The highest BCUT2D eigenvalue weighted by Crippen LogP contribution is 2.25. The Morgan fingerprint density at radius 3 is 2.43 bits per heavy atom. The van der Waals surface area contributed by atoms with Gasteiger partial charge >= 0.3 is 0 Å². The van der Waals surface area contributed by atoms with Crippen LogP contribution >= 0.6 is 0 Å². The lowest BCUT2D eigenvalue weighted by atomic mass is 9.93. The number of carbonyl (C=O) groups excluding carboxylic acids is 2. The number of ether oxygens (including phenoxy) is 1. The Hall–Kier alpha value is -1.88. The van der Waals surface area contributed by atoms with Crippen LogP contribution < -0.4 is 5.73 Å². The van der Waals surface area contributed by atoms with E-state index in [0.717, 1.165) is 18.4 Å².